The highest BCUT2D eigenvalue weighted by atomic mass is 35.5. The van der Waals surface area contributed by atoms with Crippen LogP contribution in [-0.2, 0) is 11.3 Å². The van der Waals surface area contributed by atoms with E-state index in [4.69, 9.17) is 5.73 Å². The molecule has 1 saturated heterocycles. The van der Waals surface area contributed by atoms with Gasteiger partial charge in [-0.05, 0) is 18.0 Å². The summed E-state index contributed by atoms with van der Waals surface area (Å²) in [5.74, 6) is 0.826. The van der Waals surface area contributed by atoms with Gasteiger partial charge in [-0.25, -0.2) is 4.98 Å². The molecule has 7 heteroatoms. The summed E-state index contributed by atoms with van der Waals surface area (Å²) in [7, 11) is 0. The second kappa shape index (κ2) is 8.08. The lowest BCUT2D eigenvalue weighted by Gasteiger charge is -2.16. The number of rotatable bonds is 5. The predicted octanol–water partition coefficient (Wildman–Crippen LogP) is 1.29. The molecule has 23 heavy (non-hydrogen) atoms. The molecular formula is C16H22ClN5O. The maximum Gasteiger partial charge on any atom is 0.224 e. The van der Waals surface area contributed by atoms with Gasteiger partial charge in [0.2, 0.25) is 5.91 Å². The van der Waals surface area contributed by atoms with Crippen LogP contribution in [0.25, 0.3) is 0 Å². The SMILES string of the molecule is Cl.NC[C@@H]1CN(C(=O)CCn2cncn2)C[C@H]1c1ccccc1. The Bertz CT molecular complexity index is 604. The topological polar surface area (TPSA) is 77.0 Å². The minimum atomic E-state index is 0. The van der Waals surface area contributed by atoms with Crippen LogP contribution in [0.3, 0.4) is 0 Å². The summed E-state index contributed by atoms with van der Waals surface area (Å²) < 4.78 is 1.68. The molecule has 2 atom stereocenters. The van der Waals surface area contributed by atoms with E-state index in [0.717, 1.165) is 13.1 Å². The van der Waals surface area contributed by atoms with Crippen LogP contribution in [0.15, 0.2) is 43.0 Å². The number of halogens is 1. The highest BCUT2D eigenvalue weighted by molar-refractivity contribution is 5.85. The smallest absolute Gasteiger partial charge is 0.224 e. The zero-order chi connectivity index (χ0) is 15.4. The molecule has 1 aromatic heterocycles. The minimum absolute atomic E-state index is 0. The average Bonchev–Trinajstić information content (AvgIpc) is 3.22. The lowest BCUT2D eigenvalue weighted by atomic mass is 9.89. The van der Waals surface area contributed by atoms with Crippen molar-refractivity contribution >= 4 is 18.3 Å². The number of aromatic nitrogens is 3. The molecule has 0 bridgehead atoms. The third kappa shape index (κ3) is 4.09. The van der Waals surface area contributed by atoms with Gasteiger partial charge in [-0.2, -0.15) is 5.10 Å². The Morgan fingerprint density at radius 1 is 1.26 bits per heavy atom. The molecule has 1 fully saturated rings. The molecular weight excluding hydrogens is 314 g/mol. The van der Waals surface area contributed by atoms with Crippen LogP contribution in [0.2, 0.25) is 0 Å². The number of aryl methyl sites for hydroxylation is 1. The van der Waals surface area contributed by atoms with Crippen molar-refractivity contribution in [3.8, 4) is 0 Å². The normalized spacial score (nSPS) is 20.3. The highest BCUT2D eigenvalue weighted by Crippen LogP contribution is 2.32. The molecule has 6 nitrogen and oxygen atoms in total. The number of benzene rings is 1. The molecule has 2 N–H and O–H groups in total. The maximum absolute atomic E-state index is 12.4. The standard InChI is InChI=1S/C16H21N5O.ClH/c17-8-14-9-20(10-15(14)13-4-2-1-3-5-13)16(22)6-7-21-12-18-11-19-21;/h1-5,11-12,14-15H,6-10,17H2;1H/t14-,15+;/m1./s1. The fraction of sp³-hybridized carbons (Fsp3) is 0.438. The van der Waals surface area contributed by atoms with Gasteiger partial charge < -0.3 is 10.6 Å². The van der Waals surface area contributed by atoms with E-state index in [1.807, 2.05) is 23.1 Å². The third-order valence-electron chi connectivity index (χ3n) is 4.35. The lowest BCUT2D eigenvalue weighted by Crippen LogP contribution is -2.30. The van der Waals surface area contributed by atoms with E-state index in [1.165, 1.54) is 11.9 Å². The third-order valence-corrected chi connectivity index (χ3v) is 4.35. The van der Waals surface area contributed by atoms with E-state index in [2.05, 4.69) is 22.2 Å². The molecule has 0 radical (unpaired) electrons. The van der Waals surface area contributed by atoms with Crippen molar-refractivity contribution in [2.24, 2.45) is 11.7 Å². The van der Waals surface area contributed by atoms with Crippen LogP contribution < -0.4 is 5.73 Å². The molecule has 1 aliphatic rings. The quantitative estimate of drug-likeness (QED) is 0.893. The van der Waals surface area contributed by atoms with Crippen molar-refractivity contribution in [2.75, 3.05) is 19.6 Å². The fourth-order valence-corrected chi connectivity index (χ4v) is 3.11. The van der Waals surface area contributed by atoms with Gasteiger partial charge >= 0.3 is 0 Å². The summed E-state index contributed by atoms with van der Waals surface area (Å²) >= 11 is 0. The molecule has 1 aliphatic heterocycles. The maximum atomic E-state index is 12.4. The molecule has 124 valence electrons. The summed E-state index contributed by atoms with van der Waals surface area (Å²) in [4.78, 5) is 18.2. The van der Waals surface area contributed by atoms with E-state index >= 15 is 0 Å². The molecule has 1 amide bonds. The summed E-state index contributed by atoms with van der Waals surface area (Å²) in [6.45, 7) is 2.67. The molecule has 0 spiro atoms. The zero-order valence-electron chi connectivity index (χ0n) is 12.9. The van der Waals surface area contributed by atoms with Gasteiger partial charge in [0.15, 0.2) is 0 Å². The molecule has 1 aromatic carbocycles. The second-order valence-corrected chi connectivity index (χ2v) is 5.72. The van der Waals surface area contributed by atoms with Gasteiger partial charge in [-0.15, -0.1) is 12.4 Å². The number of likely N-dealkylation sites (tertiary alicyclic amines) is 1. The molecule has 0 unspecified atom stereocenters. The van der Waals surface area contributed by atoms with Crippen LogP contribution in [-0.4, -0.2) is 45.2 Å². The molecule has 2 aromatic rings. The number of carbonyl (C=O) groups excluding carboxylic acids is 1. The van der Waals surface area contributed by atoms with Crippen molar-refractivity contribution in [3.05, 3.63) is 48.5 Å². The van der Waals surface area contributed by atoms with Crippen molar-refractivity contribution in [1.82, 2.24) is 19.7 Å². The number of nitrogens with two attached hydrogens (primary N) is 1. The van der Waals surface area contributed by atoms with E-state index < -0.39 is 0 Å². The zero-order valence-corrected chi connectivity index (χ0v) is 13.7. The van der Waals surface area contributed by atoms with Gasteiger partial charge in [-0.1, -0.05) is 30.3 Å². The van der Waals surface area contributed by atoms with Crippen LogP contribution in [0.4, 0.5) is 0 Å². The average molecular weight is 336 g/mol. The summed E-state index contributed by atoms with van der Waals surface area (Å²) in [6, 6.07) is 10.3. The number of hydrogen-bond acceptors (Lipinski definition) is 4. The van der Waals surface area contributed by atoms with Gasteiger partial charge in [0.05, 0.1) is 6.54 Å². The first-order valence-electron chi connectivity index (χ1n) is 7.63. The van der Waals surface area contributed by atoms with Gasteiger partial charge in [-0.3, -0.25) is 9.48 Å². The summed E-state index contributed by atoms with van der Waals surface area (Å²) in [5, 5.41) is 4.02. The number of amides is 1. The predicted molar refractivity (Wildman–Crippen MR) is 90.2 cm³/mol. The van der Waals surface area contributed by atoms with Gasteiger partial charge in [0.1, 0.15) is 12.7 Å². The Balaban J connectivity index is 0.00000192. The fourth-order valence-electron chi connectivity index (χ4n) is 3.11. The first-order valence-corrected chi connectivity index (χ1v) is 7.63. The van der Waals surface area contributed by atoms with E-state index in [1.54, 1.807) is 11.0 Å². The second-order valence-electron chi connectivity index (χ2n) is 5.72. The number of carbonyl (C=O) groups is 1. The van der Waals surface area contributed by atoms with Crippen LogP contribution >= 0.6 is 12.4 Å². The first-order chi connectivity index (χ1) is 10.8. The molecule has 0 aliphatic carbocycles. The highest BCUT2D eigenvalue weighted by Gasteiger charge is 2.34. The summed E-state index contributed by atoms with van der Waals surface area (Å²) in [5.41, 5.74) is 7.18. The van der Waals surface area contributed by atoms with E-state index in [0.29, 0.717) is 31.3 Å². The molecule has 2 heterocycles. The van der Waals surface area contributed by atoms with Crippen LogP contribution in [0, 0.1) is 5.92 Å². The van der Waals surface area contributed by atoms with Gasteiger partial charge in [0, 0.05) is 25.4 Å². The van der Waals surface area contributed by atoms with Gasteiger partial charge in [0.25, 0.3) is 0 Å². The Kier molecular flexibility index (Phi) is 6.12. The Morgan fingerprint density at radius 3 is 2.70 bits per heavy atom. The van der Waals surface area contributed by atoms with Crippen molar-refractivity contribution in [3.63, 3.8) is 0 Å². The Labute approximate surface area is 142 Å². The number of hydrogen-bond donors (Lipinski definition) is 1. The van der Waals surface area contributed by atoms with Crippen molar-refractivity contribution < 1.29 is 4.79 Å². The van der Waals surface area contributed by atoms with Crippen LogP contribution in [0.1, 0.15) is 17.9 Å². The number of nitrogens with zero attached hydrogens (tertiary/aromatic N) is 4. The summed E-state index contributed by atoms with van der Waals surface area (Å²) in [6.07, 6.45) is 3.56. The Morgan fingerprint density at radius 2 is 2.04 bits per heavy atom. The largest absolute Gasteiger partial charge is 0.342 e. The first kappa shape index (κ1) is 17.4. The van der Waals surface area contributed by atoms with Crippen molar-refractivity contribution in [1.29, 1.82) is 0 Å². The van der Waals surface area contributed by atoms with Crippen molar-refractivity contribution in [2.45, 2.75) is 18.9 Å². The van der Waals surface area contributed by atoms with E-state index in [-0.39, 0.29) is 18.3 Å². The lowest BCUT2D eigenvalue weighted by molar-refractivity contribution is -0.130. The molecule has 3 rings (SSSR count). The Hall–Kier alpha value is -1.92. The monoisotopic (exact) mass is 335 g/mol. The molecule has 0 saturated carbocycles. The minimum Gasteiger partial charge on any atom is -0.342 e. The van der Waals surface area contributed by atoms with E-state index in [9.17, 15) is 4.79 Å². The van der Waals surface area contributed by atoms with Crippen LogP contribution in [0.5, 0.6) is 0 Å².